The van der Waals surface area contributed by atoms with E-state index in [0.717, 1.165) is 42.9 Å². The van der Waals surface area contributed by atoms with E-state index < -0.39 is 0 Å². The zero-order valence-electron chi connectivity index (χ0n) is 9.89. The van der Waals surface area contributed by atoms with Crippen LogP contribution in [0.15, 0.2) is 4.52 Å². The highest BCUT2D eigenvalue weighted by Gasteiger charge is 2.33. The predicted molar refractivity (Wildman–Crippen MR) is 65.4 cm³/mol. The van der Waals surface area contributed by atoms with E-state index in [4.69, 9.17) is 9.26 Å². The molecule has 0 aromatic carbocycles. The zero-order valence-corrected chi connectivity index (χ0v) is 10.7. The van der Waals surface area contributed by atoms with E-state index in [1.54, 1.807) is 0 Å². The summed E-state index contributed by atoms with van der Waals surface area (Å²) in [6.45, 7) is 1.54. The number of rotatable bonds is 3. The van der Waals surface area contributed by atoms with Crippen LogP contribution in [0.1, 0.15) is 30.0 Å². The van der Waals surface area contributed by atoms with Crippen molar-refractivity contribution < 1.29 is 9.26 Å². The molecule has 3 heterocycles. The molecule has 0 bridgehead atoms. The van der Waals surface area contributed by atoms with Gasteiger partial charge in [0.2, 0.25) is 5.89 Å². The first kappa shape index (κ1) is 11.5. The molecule has 0 saturated carbocycles. The minimum atomic E-state index is 0.328. The number of nitrogens with zero attached hydrogens (tertiary/aromatic N) is 2. The number of aromatic nitrogens is 2. The van der Waals surface area contributed by atoms with E-state index in [1.165, 1.54) is 0 Å². The van der Waals surface area contributed by atoms with Gasteiger partial charge < -0.3 is 14.6 Å². The Morgan fingerprint density at radius 2 is 2.35 bits per heavy atom. The van der Waals surface area contributed by atoms with E-state index in [1.807, 2.05) is 18.8 Å². The fourth-order valence-electron chi connectivity index (χ4n) is 2.38. The van der Waals surface area contributed by atoms with Gasteiger partial charge in [-0.05, 0) is 13.5 Å². The van der Waals surface area contributed by atoms with Crippen molar-refractivity contribution >= 4 is 11.8 Å². The van der Waals surface area contributed by atoms with Crippen LogP contribution in [-0.4, -0.2) is 47.9 Å². The first-order chi connectivity index (χ1) is 8.38. The Morgan fingerprint density at radius 1 is 1.41 bits per heavy atom. The molecule has 2 saturated heterocycles. The Labute approximate surface area is 105 Å². The monoisotopic (exact) mass is 255 g/mol. The lowest BCUT2D eigenvalue weighted by Crippen LogP contribution is -2.31. The SMILES string of the molecule is CNC1CSCC1c1nc(C2CCOC2)no1. The standard InChI is InChI=1S/C11H17N3O2S/c1-12-9-6-17-5-8(9)11-13-10(14-16-11)7-2-3-15-4-7/h7-9,12H,2-6H2,1H3. The van der Waals surface area contributed by atoms with Crippen molar-refractivity contribution in [3.8, 4) is 0 Å². The molecule has 3 rings (SSSR count). The fraction of sp³-hybridized carbons (Fsp3) is 0.818. The van der Waals surface area contributed by atoms with Crippen LogP contribution in [0.5, 0.6) is 0 Å². The molecule has 1 N–H and O–H groups in total. The Kier molecular flexibility index (Phi) is 3.35. The van der Waals surface area contributed by atoms with Crippen LogP contribution < -0.4 is 5.32 Å². The average molecular weight is 255 g/mol. The highest BCUT2D eigenvalue weighted by molar-refractivity contribution is 7.99. The molecule has 3 unspecified atom stereocenters. The van der Waals surface area contributed by atoms with Crippen molar-refractivity contribution in [3.63, 3.8) is 0 Å². The van der Waals surface area contributed by atoms with E-state index in [-0.39, 0.29) is 0 Å². The Bertz CT molecular complexity index is 379. The quantitative estimate of drug-likeness (QED) is 0.869. The normalized spacial score (nSPS) is 33.4. The van der Waals surface area contributed by atoms with E-state index in [0.29, 0.717) is 17.9 Å². The van der Waals surface area contributed by atoms with E-state index >= 15 is 0 Å². The highest BCUT2D eigenvalue weighted by Crippen LogP contribution is 2.33. The summed E-state index contributed by atoms with van der Waals surface area (Å²) in [5.74, 6) is 4.48. The maximum Gasteiger partial charge on any atom is 0.232 e. The minimum Gasteiger partial charge on any atom is -0.381 e. The summed E-state index contributed by atoms with van der Waals surface area (Å²) in [5, 5.41) is 7.43. The van der Waals surface area contributed by atoms with Crippen LogP contribution in [0, 0.1) is 0 Å². The van der Waals surface area contributed by atoms with Crippen LogP contribution in [0.2, 0.25) is 0 Å². The van der Waals surface area contributed by atoms with Gasteiger partial charge in [0.25, 0.3) is 0 Å². The summed E-state index contributed by atoms with van der Waals surface area (Å²) in [5.41, 5.74) is 0. The summed E-state index contributed by atoms with van der Waals surface area (Å²) in [7, 11) is 1.99. The second kappa shape index (κ2) is 4.96. The molecule has 2 aliphatic heterocycles. The third kappa shape index (κ3) is 2.21. The van der Waals surface area contributed by atoms with Crippen LogP contribution in [0.4, 0.5) is 0 Å². The number of hydrogen-bond donors (Lipinski definition) is 1. The third-order valence-corrected chi connectivity index (χ3v) is 4.71. The largest absolute Gasteiger partial charge is 0.381 e. The van der Waals surface area contributed by atoms with Crippen LogP contribution in [-0.2, 0) is 4.74 Å². The molecule has 3 atom stereocenters. The summed E-state index contributed by atoms with van der Waals surface area (Å²) in [6.07, 6.45) is 1.01. The predicted octanol–water partition coefficient (Wildman–Crippen LogP) is 0.992. The van der Waals surface area contributed by atoms with Crippen LogP contribution >= 0.6 is 11.8 Å². The number of ether oxygens (including phenoxy) is 1. The third-order valence-electron chi connectivity index (χ3n) is 3.52. The van der Waals surface area contributed by atoms with Gasteiger partial charge in [-0.3, -0.25) is 0 Å². The van der Waals surface area contributed by atoms with Crippen molar-refractivity contribution in [1.29, 1.82) is 0 Å². The molecule has 0 spiro atoms. The number of hydrogen-bond acceptors (Lipinski definition) is 6. The number of thioether (sulfide) groups is 1. The smallest absolute Gasteiger partial charge is 0.232 e. The lowest BCUT2D eigenvalue weighted by Gasteiger charge is -2.13. The van der Waals surface area contributed by atoms with Gasteiger partial charge in [0.15, 0.2) is 5.82 Å². The summed E-state index contributed by atoms with van der Waals surface area (Å²) in [6, 6.07) is 0.452. The minimum absolute atomic E-state index is 0.328. The van der Waals surface area contributed by atoms with Gasteiger partial charge in [0.05, 0.1) is 12.5 Å². The van der Waals surface area contributed by atoms with E-state index in [9.17, 15) is 0 Å². The molecule has 1 aromatic rings. The first-order valence-electron chi connectivity index (χ1n) is 6.04. The summed E-state index contributed by atoms with van der Waals surface area (Å²) in [4.78, 5) is 4.56. The average Bonchev–Trinajstić information content (AvgIpc) is 3.09. The molecular formula is C11H17N3O2S. The summed E-state index contributed by atoms with van der Waals surface area (Å²) >= 11 is 1.94. The zero-order chi connectivity index (χ0) is 11.7. The molecule has 2 fully saturated rings. The maximum atomic E-state index is 5.42. The fourth-order valence-corrected chi connectivity index (χ4v) is 3.80. The van der Waals surface area contributed by atoms with Crippen molar-refractivity contribution in [2.45, 2.75) is 24.3 Å². The lowest BCUT2D eigenvalue weighted by molar-refractivity contribution is 0.192. The Morgan fingerprint density at radius 3 is 3.12 bits per heavy atom. The van der Waals surface area contributed by atoms with Gasteiger partial charge in [-0.2, -0.15) is 16.7 Å². The van der Waals surface area contributed by atoms with Gasteiger partial charge in [0.1, 0.15) is 0 Å². The molecule has 0 aliphatic carbocycles. The molecule has 1 aromatic heterocycles. The summed E-state index contributed by atoms with van der Waals surface area (Å²) < 4.78 is 10.8. The maximum absolute atomic E-state index is 5.42. The number of likely N-dealkylation sites (N-methyl/N-ethyl adjacent to an activating group) is 1. The van der Waals surface area contributed by atoms with Crippen LogP contribution in [0.3, 0.4) is 0 Å². The van der Waals surface area contributed by atoms with Crippen molar-refractivity contribution in [3.05, 3.63) is 11.7 Å². The first-order valence-corrected chi connectivity index (χ1v) is 7.20. The molecule has 5 nitrogen and oxygen atoms in total. The molecule has 0 amide bonds. The Hall–Kier alpha value is -0.590. The molecule has 6 heteroatoms. The Balaban J connectivity index is 1.75. The second-order valence-corrected chi connectivity index (χ2v) is 5.67. The van der Waals surface area contributed by atoms with Gasteiger partial charge in [-0.15, -0.1) is 0 Å². The molecule has 94 valence electrons. The van der Waals surface area contributed by atoms with Crippen LogP contribution in [0.25, 0.3) is 0 Å². The molecular weight excluding hydrogens is 238 g/mol. The molecule has 2 aliphatic rings. The lowest BCUT2D eigenvalue weighted by atomic mass is 10.0. The highest BCUT2D eigenvalue weighted by atomic mass is 32.2. The van der Waals surface area contributed by atoms with E-state index in [2.05, 4.69) is 15.5 Å². The van der Waals surface area contributed by atoms with Gasteiger partial charge >= 0.3 is 0 Å². The molecule has 0 radical (unpaired) electrons. The van der Waals surface area contributed by atoms with Gasteiger partial charge in [0, 0.05) is 30.1 Å². The second-order valence-electron chi connectivity index (χ2n) is 4.59. The van der Waals surface area contributed by atoms with Crippen molar-refractivity contribution in [1.82, 2.24) is 15.5 Å². The van der Waals surface area contributed by atoms with Gasteiger partial charge in [-0.25, -0.2) is 0 Å². The van der Waals surface area contributed by atoms with Crippen molar-refractivity contribution in [2.75, 3.05) is 31.8 Å². The van der Waals surface area contributed by atoms with Gasteiger partial charge in [-0.1, -0.05) is 5.16 Å². The van der Waals surface area contributed by atoms with Crippen molar-refractivity contribution in [2.24, 2.45) is 0 Å². The molecule has 17 heavy (non-hydrogen) atoms. The number of nitrogens with one attached hydrogen (secondary N) is 1. The topological polar surface area (TPSA) is 60.2 Å².